The molecule has 2 amide bonds. The second-order valence-electron chi connectivity index (χ2n) is 6.10. The van der Waals surface area contributed by atoms with Crippen molar-refractivity contribution < 1.29 is 14.3 Å². The minimum Gasteiger partial charge on any atom is -0.383 e. The molecule has 1 N–H and O–H groups in total. The number of carbonyl (C=O) groups is 2. The van der Waals surface area contributed by atoms with Gasteiger partial charge >= 0.3 is 0 Å². The van der Waals surface area contributed by atoms with Crippen LogP contribution in [0.3, 0.4) is 0 Å². The van der Waals surface area contributed by atoms with E-state index in [2.05, 4.69) is 17.3 Å². The average molecular weight is 306 g/mol. The highest BCUT2D eigenvalue weighted by Gasteiger charge is 2.43. The maximum absolute atomic E-state index is 12.5. The van der Waals surface area contributed by atoms with Crippen molar-refractivity contribution in [2.45, 2.75) is 25.9 Å². The van der Waals surface area contributed by atoms with Gasteiger partial charge in [0.05, 0.1) is 25.4 Å². The fourth-order valence-corrected chi connectivity index (χ4v) is 2.95. The molecule has 7 heteroatoms. The van der Waals surface area contributed by atoms with Gasteiger partial charge in [-0.05, 0) is 18.4 Å². The van der Waals surface area contributed by atoms with E-state index in [4.69, 9.17) is 4.74 Å². The number of ether oxygens (including phenoxy) is 1. The first kappa shape index (κ1) is 15.0. The summed E-state index contributed by atoms with van der Waals surface area (Å²) in [6.07, 6.45) is 2.64. The molecule has 3 atom stereocenters. The highest BCUT2D eigenvalue weighted by Crippen LogP contribution is 2.40. The van der Waals surface area contributed by atoms with Crippen LogP contribution in [0.4, 0.5) is 0 Å². The molecular weight excluding hydrogens is 284 g/mol. The molecule has 1 aliphatic heterocycles. The van der Waals surface area contributed by atoms with Gasteiger partial charge in [-0.2, -0.15) is 5.10 Å². The lowest BCUT2D eigenvalue weighted by molar-refractivity contribution is -0.137. The summed E-state index contributed by atoms with van der Waals surface area (Å²) in [6.45, 7) is 3.92. The Kier molecular flexibility index (Phi) is 4.15. The molecule has 2 heterocycles. The summed E-state index contributed by atoms with van der Waals surface area (Å²) in [6, 6.07) is 1.40. The number of aromatic nitrogens is 2. The number of nitrogens with zero attached hydrogens (tertiary/aromatic N) is 3. The number of hydrogen-bond acceptors (Lipinski definition) is 4. The van der Waals surface area contributed by atoms with Crippen molar-refractivity contribution in [1.29, 1.82) is 0 Å². The Hall–Kier alpha value is -1.89. The predicted molar refractivity (Wildman–Crippen MR) is 78.8 cm³/mol. The van der Waals surface area contributed by atoms with Gasteiger partial charge < -0.3 is 15.0 Å². The largest absolute Gasteiger partial charge is 0.383 e. The van der Waals surface area contributed by atoms with E-state index < -0.39 is 6.04 Å². The number of carbonyl (C=O) groups excluding carboxylic acids is 2. The summed E-state index contributed by atoms with van der Waals surface area (Å²) < 4.78 is 6.67. The lowest BCUT2D eigenvalue weighted by Crippen LogP contribution is -2.48. The molecule has 0 saturated heterocycles. The Balaban J connectivity index is 1.72. The summed E-state index contributed by atoms with van der Waals surface area (Å²) >= 11 is 0. The van der Waals surface area contributed by atoms with Crippen LogP contribution < -0.4 is 5.32 Å². The predicted octanol–water partition coefficient (Wildman–Crippen LogP) is 0.185. The first-order chi connectivity index (χ1) is 10.6. The normalized spacial score (nSPS) is 26.5. The molecule has 1 saturated carbocycles. The first-order valence-electron chi connectivity index (χ1n) is 7.69. The lowest BCUT2D eigenvalue weighted by Gasteiger charge is -2.33. The highest BCUT2D eigenvalue weighted by atomic mass is 16.5. The first-order valence-corrected chi connectivity index (χ1v) is 7.69. The second-order valence-corrected chi connectivity index (χ2v) is 6.10. The molecule has 7 nitrogen and oxygen atoms in total. The fraction of sp³-hybridized carbons (Fsp3) is 0.667. The zero-order valence-electron chi connectivity index (χ0n) is 13.0. The maximum atomic E-state index is 12.5. The molecular formula is C15H22N4O3. The molecule has 1 aromatic heterocycles. The molecule has 0 radical (unpaired) electrons. The lowest BCUT2D eigenvalue weighted by atomic mass is 10.1. The van der Waals surface area contributed by atoms with Crippen molar-refractivity contribution in [3.8, 4) is 0 Å². The molecule has 2 aliphatic rings. The summed E-state index contributed by atoms with van der Waals surface area (Å²) in [5.74, 6) is 0.637. The Morgan fingerprint density at radius 3 is 2.95 bits per heavy atom. The third-order valence-electron chi connectivity index (χ3n) is 4.44. The third-order valence-corrected chi connectivity index (χ3v) is 4.44. The van der Waals surface area contributed by atoms with Gasteiger partial charge in [0.1, 0.15) is 6.04 Å². The van der Waals surface area contributed by atoms with Gasteiger partial charge in [0, 0.05) is 25.8 Å². The standard InChI is InChI=1S/C15H22N4O3/c1-10-7-12(10)15(21)18-8-11-3-4-17-19(11)13(9-18)14(20)16-5-6-22-2/h3-4,10,12-13H,5-9H2,1-2H3,(H,16,20)/t10-,12-,13+/m1/s1. The fourth-order valence-electron chi connectivity index (χ4n) is 2.95. The van der Waals surface area contributed by atoms with Crippen LogP contribution in [0, 0.1) is 11.8 Å². The van der Waals surface area contributed by atoms with Crippen LogP contribution in [-0.2, 0) is 20.9 Å². The summed E-state index contributed by atoms with van der Waals surface area (Å²) in [5.41, 5.74) is 0.903. The molecule has 0 aromatic carbocycles. The van der Waals surface area contributed by atoms with E-state index in [1.807, 2.05) is 6.07 Å². The zero-order valence-corrected chi connectivity index (χ0v) is 13.0. The van der Waals surface area contributed by atoms with Crippen LogP contribution >= 0.6 is 0 Å². The summed E-state index contributed by atoms with van der Waals surface area (Å²) in [5, 5.41) is 7.08. The SMILES string of the molecule is COCCNC(=O)[C@@H]1CN(C(=O)[C@@H]2C[C@H]2C)Cc2ccnn21. The minimum atomic E-state index is -0.464. The molecule has 0 bridgehead atoms. The van der Waals surface area contributed by atoms with Gasteiger partial charge in [-0.1, -0.05) is 6.92 Å². The van der Waals surface area contributed by atoms with Gasteiger partial charge in [0.25, 0.3) is 0 Å². The van der Waals surface area contributed by atoms with Crippen molar-refractivity contribution in [1.82, 2.24) is 20.0 Å². The quantitative estimate of drug-likeness (QED) is 0.788. The average Bonchev–Trinajstić information content (AvgIpc) is 3.05. The van der Waals surface area contributed by atoms with Gasteiger partial charge in [0.15, 0.2) is 0 Å². The Bertz CT molecular complexity index is 571. The zero-order chi connectivity index (χ0) is 15.7. The summed E-state index contributed by atoms with van der Waals surface area (Å²) in [4.78, 5) is 26.7. The van der Waals surface area contributed by atoms with Crippen molar-refractivity contribution >= 4 is 11.8 Å². The minimum absolute atomic E-state index is 0.122. The maximum Gasteiger partial charge on any atom is 0.246 e. The number of amides is 2. The van der Waals surface area contributed by atoms with E-state index in [-0.39, 0.29) is 17.7 Å². The molecule has 1 aliphatic carbocycles. The van der Waals surface area contributed by atoms with Crippen LogP contribution in [0.1, 0.15) is 25.1 Å². The number of hydrogen-bond donors (Lipinski definition) is 1. The molecule has 3 rings (SSSR count). The van der Waals surface area contributed by atoms with Crippen LogP contribution in [0.15, 0.2) is 12.3 Å². The van der Waals surface area contributed by atoms with E-state index in [0.717, 1.165) is 12.1 Å². The number of fused-ring (bicyclic) bond motifs is 1. The van der Waals surface area contributed by atoms with Crippen molar-refractivity contribution in [2.75, 3.05) is 26.8 Å². The molecule has 22 heavy (non-hydrogen) atoms. The second kappa shape index (κ2) is 6.08. The smallest absolute Gasteiger partial charge is 0.246 e. The van der Waals surface area contributed by atoms with Crippen LogP contribution in [0.5, 0.6) is 0 Å². The van der Waals surface area contributed by atoms with Crippen molar-refractivity contribution in [2.24, 2.45) is 11.8 Å². The Labute approximate surface area is 129 Å². The van der Waals surface area contributed by atoms with Gasteiger partial charge in [-0.15, -0.1) is 0 Å². The molecule has 0 spiro atoms. The molecule has 1 fully saturated rings. The topological polar surface area (TPSA) is 76.5 Å². The molecule has 0 unspecified atom stereocenters. The third kappa shape index (κ3) is 2.85. The molecule has 1 aromatic rings. The van der Waals surface area contributed by atoms with E-state index in [1.54, 1.807) is 22.9 Å². The Morgan fingerprint density at radius 2 is 2.27 bits per heavy atom. The van der Waals surface area contributed by atoms with Crippen LogP contribution in [0.2, 0.25) is 0 Å². The number of nitrogens with one attached hydrogen (secondary N) is 1. The van der Waals surface area contributed by atoms with E-state index in [9.17, 15) is 9.59 Å². The van der Waals surface area contributed by atoms with E-state index in [1.165, 1.54) is 0 Å². The van der Waals surface area contributed by atoms with Gasteiger partial charge in [0.2, 0.25) is 11.8 Å². The molecule has 120 valence electrons. The van der Waals surface area contributed by atoms with E-state index in [0.29, 0.717) is 32.2 Å². The van der Waals surface area contributed by atoms with Crippen molar-refractivity contribution in [3.05, 3.63) is 18.0 Å². The van der Waals surface area contributed by atoms with Crippen LogP contribution in [-0.4, -0.2) is 53.3 Å². The van der Waals surface area contributed by atoms with E-state index >= 15 is 0 Å². The highest BCUT2D eigenvalue weighted by molar-refractivity contribution is 5.84. The van der Waals surface area contributed by atoms with Gasteiger partial charge in [-0.3, -0.25) is 14.3 Å². The monoisotopic (exact) mass is 306 g/mol. The van der Waals surface area contributed by atoms with Crippen LogP contribution in [0.25, 0.3) is 0 Å². The number of methoxy groups -OCH3 is 1. The summed E-state index contributed by atoms with van der Waals surface area (Å²) in [7, 11) is 1.59. The Morgan fingerprint density at radius 1 is 1.50 bits per heavy atom. The van der Waals surface area contributed by atoms with Crippen molar-refractivity contribution in [3.63, 3.8) is 0 Å². The van der Waals surface area contributed by atoms with Gasteiger partial charge in [-0.25, -0.2) is 0 Å². The number of rotatable bonds is 5.